The third-order valence-corrected chi connectivity index (χ3v) is 3.70. The molecule has 1 aliphatic carbocycles. The number of carbonyl (C=O) groups is 2. The lowest BCUT2D eigenvalue weighted by molar-refractivity contribution is -0.142. The standard InChI is InChI=1S/C13H20N4O3/c1-8-9(7-17(2)16-8)6-14-13(20)15-11-5-3-4-10(11)12(18)19/h7,10-11H,3-6H2,1-2H3,(H,18,19)(H2,14,15,20). The van der Waals surface area contributed by atoms with Crippen molar-refractivity contribution in [3.05, 3.63) is 17.5 Å². The van der Waals surface area contributed by atoms with Crippen molar-refractivity contribution in [3.63, 3.8) is 0 Å². The molecule has 1 heterocycles. The van der Waals surface area contributed by atoms with Gasteiger partial charge in [0.25, 0.3) is 0 Å². The predicted molar refractivity (Wildman–Crippen MR) is 72.1 cm³/mol. The second-order valence-electron chi connectivity index (χ2n) is 5.22. The van der Waals surface area contributed by atoms with E-state index < -0.39 is 11.9 Å². The molecule has 1 aromatic rings. The molecule has 110 valence electrons. The minimum absolute atomic E-state index is 0.275. The number of rotatable bonds is 4. The van der Waals surface area contributed by atoms with Crippen molar-refractivity contribution < 1.29 is 14.7 Å². The van der Waals surface area contributed by atoms with Crippen molar-refractivity contribution in [2.45, 2.75) is 38.8 Å². The van der Waals surface area contributed by atoms with E-state index >= 15 is 0 Å². The third-order valence-electron chi connectivity index (χ3n) is 3.70. The number of hydrogen-bond donors (Lipinski definition) is 3. The van der Waals surface area contributed by atoms with Crippen LogP contribution >= 0.6 is 0 Å². The molecule has 2 amide bonds. The van der Waals surface area contributed by atoms with E-state index in [0.717, 1.165) is 24.1 Å². The number of nitrogens with one attached hydrogen (secondary N) is 2. The summed E-state index contributed by atoms with van der Waals surface area (Å²) in [6, 6.07) is -0.603. The Morgan fingerprint density at radius 1 is 1.50 bits per heavy atom. The van der Waals surface area contributed by atoms with Crippen LogP contribution in [-0.2, 0) is 18.4 Å². The van der Waals surface area contributed by atoms with Gasteiger partial charge in [-0.3, -0.25) is 9.48 Å². The molecule has 0 aliphatic heterocycles. The van der Waals surface area contributed by atoms with Gasteiger partial charge < -0.3 is 15.7 Å². The fourth-order valence-electron chi connectivity index (χ4n) is 2.65. The van der Waals surface area contributed by atoms with Gasteiger partial charge in [0.2, 0.25) is 0 Å². The molecule has 0 saturated heterocycles. The molecule has 1 aliphatic rings. The highest BCUT2D eigenvalue weighted by Crippen LogP contribution is 2.25. The SMILES string of the molecule is Cc1nn(C)cc1CNC(=O)NC1CCCC1C(=O)O. The monoisotopic (exact) mass is 280 g/mol. The zero-order valence-electron chi connectivity index (χ0n) is 11.7. The van der Waals surface area contributed by atoms with Crippen LogP contribution in [0.3, 0.4) is 0 Å². The molecule has 7 nitrogen and oxygen atoms in total. The largest absolute Gasteiger partial charge is 0.481 e. The minimum atomic E-state index is -0.837. The van der Waals surface area contributed by atoms with Gasteiger partial charge in [-0.2, -0.15) is 5.10 Å². The van der Waals surface area contributed by atoms with Crippen molar-refractivity contribution in [1.82, 2.24) is 20.4 Å². The van der Waals surface area contributed by atoms with Crippen LogP contribution in [0.5, 0.6) is 0 Å². The van der Waals surface area contributed by atoms with Crippen LogP contribution in [0.25, 0.3) is 0 Å². The molecule has 7 heteroatoms. The number of aryl methyl sites for hydroxylation is 2. The fraction of sp³-hybridized carbons (Fsp3) is 0.615. The van der Waals surface area contributed by atoms with Crippen LogP contribution in [0.4, 0.5) is 4.79 Å². The number of nitrogens with zero attached hydrogens (tertiary/aromatic N) is 2. The minimum Gasteiger partial charge on any atom is -0.481 e. The summed E-state index contributed by atoms with van der Waals surface area (Å²) in [5.41, 5.74) is 1.82. The van der Waals surface area contributed by atoms with Gasteiger partial charge in [-0.15, -0.1) is 0 Å². The fourth-order valence-corrected chi connectivity index (χ4v) is 2.65. The first-order chi connectivity index (χ1) is 9.47. The van der Waals surface area contributed by atoms with E-state index in [1.54, 1.807) is 4.68 Å². The van der Waals surface area contributed by atoms with Gasteiger partial charge >= 0.3 is 12.0 Å². The van der Waals surface area contributed by atoms with Crippen molar-refractivity contribution in [2.24, 2.45) is 13.0 Å². The maximum Gasteiger partial charge on any atom is 0.315 e. The van der Waals surface area contributed by atoms with Crippen LogP contribution < -0.4 is 10.6 Å². The van der Waals surface area contributed by atoms with Crippen molar-refractivity contribution in [3.8, 4) is 0 Å². The molecular formula is C13H20N4O3. The number of carboxylic acids is 1. The van der Waals surface area contributed by atoms with E-state index in [2.05, 4.69) is 15.7 Å². The molecule has 20 heavy (non-hydrogen) atoms. The number of hydrogen-bond acceptors (Lipinski definition) is 3. The second kappa shape index (κ2) is 5.94. The lowest BCUT2D eigenvalue weighted by Gasteiger charge is -2.17. The molecule has 1 fully saturated rings. The Balaban J connectivity index is 1.84. The summed E-state index contributed by atoms with van der Waals surface area (Å²) in [6.07, 6.45) is 4.03. The van der Waals surface area contributed by atoms with Crippen LogP contribution in [0.2, 0.25) is 0 Å². The van der Waals surface area contributed by atoms with Crippen LogP contribution in [0.1, 0.15) is 30.5 Å². The Hall–Kier alpha value is -2.05. The number of aliphatic carboxylic acids is 1. The molecule has 2 rings (SSSR count). The van der Waals surface area contributed by atoms with Gasteiger partial charge in [-0.25, -0.2) is 4.79 Å². The van der Waals surface area contributed by atoms with Gasteiger partial charge in [0.15, 0.2) is 0 Å². The van der Waals surface area contributed by atoms with Crippen molar-refractivity contribution in [2.75, 3.05) is 0 Å². The van der Waals surface area contributed by atoms with Gasteiger partial charge in [0.05, 0.1) is 11.6 Å². The first-order valence-electron chi connectivity index (χ1n) is 6.73. The summed E-state index contributed by atoms with van der Waals surface area (Å²) in [7, 11) is 1.83. The molecule has 1 saturated carbocycles. The van der Waals surface area contributed by atoms with Crippen molar-refractivity contribution >= 4 is 12.0 Å². The highest BCUT2D eigenvalue weighted by molar-refractivity contribution is 5.77. The second-order valence-corrected chi connectivity index (χ2v) is 5.22. The summed E-state index contributed by atoms with van der Waals surface area (Å²) < 4.78 is 1.70. The summed E-state index contributed by atoms with van der Waals surface area (Å²) in [6.45, 7) is 2.27. The van der Waals surface area contributed by atoms with Crippen LogP contribution in [-0.4, -0.2) is 32.9 Å². The molecule has 0 spiro atoms. The summed E-state index contributed by atoms with van der Waals surface area (Å²) in [4.78, 5) is 22.9. The summed E-state index contributed by atoms with van der Waals surface area (Å²) in [5, 5.41) is 18.7. The molecular weight excluding hydrogens is 260 g/mol. The molecule has 3 N–H and O–H groups in total. The molecule has 0 radical (unpaired) electrons. The van der Waals surface area contributed by atoms with E-state index in [-0.39, 0.29) is 12.1 Å². The summed E-state index contributed by atoms with van der Waals surface area (Å²) in [5.74, 6) is -1.31. The Labute approximate surface area is 117 Å². The maximum atomic E-state index is 11.8. The van der Waals surface area contributed by atoms with E-state index in [0.29, 0.717) is 13.0 Å². The number of aromatic nitrogens is 2. The van der Waals surface area contributed by atoms with Gasteiger partial charge in [-0.1, -0.05) is 6.42 Å². The molecule has 0 aromatic carbocycles. The Bertz CT molecular complexity index is 512. The molecule has 2 atom stereocenters. The maximum absolute atomic E-state index is 11.8. The van der Waals surface area contributed by atoms with Gasteiger partial charge in [-0.05, 0) is 19.8 Å². The van der Waals surface area contributed by atoms with E-state index in [9.17, 15) is 9.59 Å². The van der Waals surface area contributed by atoms with Crippen LogP contribution in [0, 0.1) is 12.8 Å². The number of carboxylic acid groups (broad SMARTS) is 1. The average Bonchev–Trinajstić information content (AvgIpc) is 2.93. The number of amides is 2. The Morgan fingerprint density at radius 2 is 2.25 bits per heavy atom. The highest BCUT2D eigenvalue weighted by Gasteiger charge is 2.33. The third kappa shape index (κ3) is 3.28. The molecule has 2 unspecified atom stereocenters. The van der Waals surface area contributed by atoms with E-state index in [4.69, 9.17) is 5.11 Å². The number of urea groups is 1. The zero-order chi connectivity index (χ0) is 14.7. The lowest BCUT2D eigenvalue weighted by atomic mass is 10.0. The average molecular weight is 280 g/mol. The smallest absolute Gasteiger partial charge is 0.315 e. The van der Waals surface area contributed by atoms with E-state index in [1.165, 1.54) is 0 Å². The van der Waals surface area contributed by atoms with Gasteiger partial charge in [0, 0.05) is 31.4 Å². The Kier molecular flexibility index (Phi) is 4.26. The lowest BCUT2D eigenvalue weighted by Crippen LogP contribution is -2.45. The zero-order valence-corrected chi connectivity index (χ0v) is 11.7. The summed E-state index contributed by atoms with van der Waals surface area (Å²) >= 11 is 0. The van der Waals surface area contributed by atoms with Crippen molar-refractivity contribution in [1.29, 1.82) is 0 Å². The first kappa shape index (κ1) is 14.4. The van der Waals surface area contributed by atoms with E-state index in [1.807, 2.05) is 20.2 Å². The number of carbonyl (C=O) groups excluding carboxylic acids is 1. The van der Waals surface area contributed by atoms with Gasteiger partial charge in [0.1, 0.15) is 0 Å². The molecule has 1 aromatic heterocycles. The first-order valence-corrected chi connectivity index (χ1v) is 6.73. The predicted octanol–water partition coefficient (Wildman–Crippen LogP) is 0.781. The highest BCUT2D eigenvalue weighted by atomic mass is 16.4. The Morgan fingerprint density at radius 3 is 2.85 bits per heavy atom. The normalized spacial score (nSPS) is 21.7. The quantitative estimate of drug-likeness (QED) is 0.759. The topological polar surface area (TPSA) is 96.3 Å². The van der Waals surface area contributed by atoms with Crippen LogP contribution in [0.15, 0.2) is 6.20 Å². The molecule has 0 bridgehead atoms.